The summed E-state index contributed by atoms with van der Waals surface area (Å²) in [6.07, 6.45) is 1.05. The quantitative estimate of drug-likeness (QED) is 0.841. The van der Waals surface area contributed by atoms with E-state index < -0.39 is 0 Å². The fourth-order valence-electron chi connectivity index (χ4n) is 1.79. The van der Waals surface area contributed by atoms with Crippen LogP contribution in [0.4, 0.5) is 5.82 Å². The Kier molecular flexibility index (Phi) is 5.51. The Morgan fingerprint density at radius 1 is 1.40 bits per heavy atom. The number of hydrogen-bond donors (Lipinski definition) is 1. The van der Waals surface area contributed by atoms with Gasteiger partial charge in [-0.2, -0.15) is 0 Å². The van der Waals surface area contributed by atoms with Crippen molar-refractivity contribution in [1.29, 1.82) is 0 Å². The third kappa shape index (κ3) is 3.37. The molecule has 20 heavy (non-hydrogen) atoms. The smallest absolute Gasteiger partial charge is 0.172 e. The Balaban J connectivity index is 2.46. The normalized spacial score (nSPS) is 10.8. The fraction of sp³-hybridized carbons (Fsp3) is 0.429. The molecule has 0 fully saturated rings. The highest BCUT2D eigenvalue weighted by Gasteiger charge is 2.15. The summed E-state index contributed by atoms with van der Waals surface area (Å²) in [4.78, 5) is 10.4. The van der Waals surface area contributed by atoms with Gasteiger partial charge in [-0.15, -0.1) is 11.3 Å². The molecule has 2 aromatic rings. The molecule has 0 saturated carbocycles. The second-order valence-electron chi connectivity index (χ2n) is 4.45. The van der Waals surface area contributed by atoms with Crippen molar-refractivity contribution in [3.8, 4) is 10.7 Å². The Hall–Kier alpha value is -0.980. The van der Waals surface area contributed by atoms with Gasteiger partial charge in [0.1, 0.15) is 5.82 Å². The van der Waals surface area contributed by atoms with Gasteiger partial charge in [0.15, 0.2) is 5.82 Å². The van der Waals surface area contributed by atoms with E-state index in [2.05, 4.69) is 56.5 Å². The Bertz CT molecular complexity index is 586. The van der Waals surface area contributed by atoms with Crippen LogP contribution >= 0.6 is 27.3 Å². The molecule has 0 aromatic carbocycles. The van der Waals surface area contributed by atoms with Crippen molar-refractivity contribution in [1.82, 2.24) is 9.97 Å². The maximum Gasteiger partial charge on any atom is 0.172 e. The van der Waals surface area contributed by atoms with Crippen molar-refractivity contribution < 1.29 is 4.74 Å². The monoisotopic (exact) mass is 355 g/mol. The maximum absolute atomic E-state index is 5.23. The number of methoxy groups -OCH3 is 1. The molecule has 0 aliphatic rings. The van der Waals surface area contributed by atoms with Crippen molar-refractivity contribution in [2.75, 3.05) is 19.0 Å². The van der Waals surface area contributed by atoms with Crippen LogP contribution in [-0.2, 0) is 11.3 Å². The standard InChI is InChI=1S/C14H18BrN3OS/c1-4-6-16-13-11(15)10(8-19-3)17-14(18-13)12-9(2)5-7-20-12/h5,7H,4,6,8H2,1-3H3,(H,16,17,18). The number of aryl methyl sites for hydroxylation is 1. The second-order valence-corrected chi connectivity index (χ2v) is 6.16. The van der Waals surface area contributed by atoms with E-state index in [4.69, 9.17) is 4.74 Å². The second kappa shape index (κ2) is 7.15. The van der Waals surface area contributed by atoms with Crippen LogP contribution in [0.3, 0.4) is 0 Å². The lowest BCUT2D eigenvalue weighted by molar-refractivity contribution is 0.181. The number of aromatic nitrogens is 2. The van der Waals surface area contributed by atoms with Crippen LogP contribution in [0.15, 0.2) is 15.9 Å². The topological polar surface area (TPSA) is 47.0 Å². The van der Waals surface area contributed by atoms with E-state index in [9.17, 15) is 0 Å². The lowest BCUT2D eigenvalue weighted by Crippen LogP contribution is -2.08. The first-order valence-corrected chi connectivity index (χ1v) is 8.18. The highest BCUT2D eigenvalue weighted by Crippen LogP contribution is 2.31. The first-order valence-electron chi connectivity index (χ1n) is 6.51. The van der Waals surface area contributed by atoms with Crippen molar-refractivity contribution in [2.45, 2.75) is 26.9 Å². The van der Waals surface area contributed by atoms with E-state index in [-0.39, 0.29) is 0 Å². The summed E-state index contributed by atoms with van der Waals surface area (Å²) >= 11 is 5.22. The van der Waals surface area contributed by atoms with E-state index in [1.807, 2.05) is 0 Å². The van der Waals surface area contributed by atoms with Crippen molar-refractivity contribution >= 4 is 33.1 Å². The van der Waals surface area contributed by atoms with Crippen LogP contribution in [-0.4, -0.2) is 23.6 Å². The predicted octanol–water partition coefficient (Wildman–Crippen LogP) is 4.24. The van der Waals surface area contributed by atoms with Gasteiger partial charge in [-0.05, 0) is 46.3 Å². The van der Waals surface area contributed by atoms with Crippen molar-refractivity contribution in [3.05, 3.63) is 27.2 Å². The number of nitrogens with one attached hydrogen (secondary N) is 1. The van der Waals surface area contributed by atoms with E-state index >= 15 is 0 Å². The Labute approximate surface area is 131 Å². The van der Waals surface area contributed by atoms with Gasteiger partial charge in [-0.25, -0.2) is 9.97 Å². The molecular weight excluding hydrogens is 338 g/mol. The lowest BCUT2D eigenvalue weighted by atomic mass is 10.2. The summed E-state index contributed by atoms with van der Waals surface area (Å²) in [5.74, 6) is 1.59. The molecule has 108 valence electrons. The first-order chi connectivity index (χ1) is 9.67. The molecular formula is C14H18BrN3OS. The van der Waals surface area contributed by atoms with Crippen LogP contribution in [0.2, 0.25) is 0 Å². The first kappa shape index (κ1) is 15.4. The molecule has 0 amide bonds. The zero-order chi connectivity index (χ0) is 14.5. The number of anilines is 1. The third-order valence-corrected chi connectivity index (χ3v) is 4.65. The summed E-state index contributed by atoms with van der Waals surface area (Å²) in [5, 5.41) is 5.40. The molecule has 4 nitrogen and oxygen atoms in total. The van der Waals surface area contributed by atoms with E-state index in [1.165, 1.54) is 5.56 Å². The third-order valence-electron chi connectivity index (χ3n) is 2.81. The van der Waals surface area contributed by atoms with Gasteiger partial charge in [0, 0.05) is 13.7 Å². The Morgan fingerprint density at radius 2 is 2.20 bits per heavy atom. The summed E-state index contributed by atoms with van der Waals surface area (Å²) in [7, 11) is 1.67. The van der Waals surface area contributed by atoms with Gasteiger partial charge in [0.05, 0.1) is 21.7 Å². The van der Waals surface area contributed by atoms with Crippen molar-refractivity contribution in [3.63, 3.8) is 0 Å². The molecule has 0 atom stereocenters. The maximum atomic E-state index is 5.23. The number of rotatable bonds is 6. The van der Waals surface area contributed by atoms with Gasteiger partial charge in [-0.1, -0.05) is 6.92 Å². The average Bonchev–Trinajstić information content (AvgIpc) is 2.86. The number of halogens is 1. The minimum atomic E-state index is 0.460. The SMILES string of the molecule is CCCNc1nc(-c2sccc2C)nc(COC)c1Br. The molecule has 0 spiro atoms. The summed E-state index contributed by atoms with van der Waals surface area (Å²) in [6.45, 7) is 5.54. The van der Waals surface area contributed by atoms with Crippen LogP contribution in [0.5, 0.6) is 0 Å². The minimum absolute atomic E-state index is 0.460. The molecule has 0 radical (unpaired) electrons. The minimum Gasteiger partial charge on any atom is -0.378 e. The fourth-order valence-corrected chi connectivity index (χ4v) is 3.08. The average molecular weight is 356 g/mol. The van der Waals surface area contributed by atoms with Gasteiger partial charge in [-0.3, -0.25) is 0 Å². The molecule has 1 N–H and O–H groups in total. The number of hydrogen-bond acceptors (Lipinski definition) is 5. The zero-order valence-electron chi connectivity index (χ0n) is 11.9. The molecule has 2 heterocycles. The highest BCUT2D eigenvalue weighted by molar-refractivity contribution is 9.10. The Morgan fingerprint density at radius 3 is 2.80 bits per heavy atom. The van der Waals surface area contributed by atoms with E-state index in [1.54, 1.807) is 18.4 Å². The molecule has 0 aliphatic heterocycles. The van der Waals surface area contributed by atoms with Gasteiger partial charge < -0.3 is 10.1 Å². The van der Waals surface area contributed by atoms with Crippen molar-refractivity contribution in [2.24, 2.45) is 0 Å². The molecule has 0 bridgehead atoms. The van der Waals surface area contributed by atoms with Crippen LogP contribution in [0.1, 0.15) is 24.6 Å². The molecule has 6 heteroatoms. The highest BCUT2D eigenvalue weighted by atomic mass is 79.9. The molecule has 2 aromatic heterocycles. The zero-order valence-corrected chi connectivity index (χ0v) is 14.3. The van der Waals surface area contributed by atoms with Gasteiger partial charge >= 0.3 is 0 Å². The number of nitrogens with zero attached hydrogens (tertiary/aromatic N) is 2. The molecule has 0 unspecified atom stereocenters. The van der Waals surface area contributed by atoms with Crippen LogP contribution < -0.4 is 5.32 Å². The van der Waals surface area contributed by atoms with Gasteiger partial charge in [0.25, 0.3) is 0 Å². The van der Waals surface area contributed by atoms with Crippen LogP contribution in [0.25, 0.3) is 10.7 Å². The molecule has 0 aliphatic carbocycles. The summed E-state index contributed by atoms with van der Waals surface area (Å²) < 4.78 is 6.11. The number of thiophene rings is 1. The van der Waals surface area contributed by atoms with Gasteiger partial charge in [0.2, 0.25) is 0 Å². The van der Waals surface area contributed by atoms with E-state index in [0.29, 0.717) is 6.61 Å². The molecule has 0 saturated heterocycles. The van der Waals surface area contributed by atoms with Crippen LogP contribution in [0, 0.1) is 6.92 Å². The lowest BCUT2D eigenvalue weighted by Gasteiger charge is -2.12. The van der Waals surface area contributed by atoms with E-state index in [0.717, 1.165) is 39.7 Å². The largest absolute Gasteiger partial charge is 0.378 e. The number of ether oxygens (including phenoxy) is 1. The summed E-state index contributed by atoms with van der Waals surface area (Å²) in [5.41, 5.74) is 2.06. The summed E-state index contributed by atoms with van der Waals surface area (Å²) in [6, 6.07) is 2.08. The molecule has 2 rings (SSSR count). The predicted molar refractivity (Wildman–Crippen MR) is 87.3 cm³/mol.